The molecule has 0 aliphatic heterocycles. The Labute approximate surface area is 183 Å². The summed E-state index contributed by atoms with van der Waals surface area (Å²) in [5.41, 5.74) is 1.26. The van der Waals surface area contributed by atoms with Gasteiger partial charge < -0.3 is 10.2 Å². The number of nitrogens with zero attached hydrogens (tertiary/aromatic N) is 1. The summed E-state index contributed by atoms with van der Waals surface area (Å²) in [6.07, 6.45) is 0.635. The third-order valence-electron chi connectivity index (χ3n) is 4.45. The van der Waals surface area contributed by atoms with E-state index in [0.29, 0.717) is 23.0 Å². The number of hydrogen-bond acceptors (Lipinski definition) is 2. The third-order valence-corrected chi connectivity index (χ3v) is 5.07. The Balaban J connectivity index is 2.32. The number of nitrogens with one attached hydrogen (secondary N) is 1. The molecule has 0 aromatic heterocycles. The first-order valence-corrected chi connectivity index (χ1v) is 10.5. The molecule has 4 nitrogen and oxygen atoms in total. The van der Waals surface area contributed by atoms with E-state index in [0.717, 1.165) is 11.1 Å². The first-order valence-electron chi connectivity index (χ1n) is 9.70. The summed E-state index contributed by atoms with van der Waals surface area (Å²) in [6, 6.07) is 14.0. The van der Waals surface area contributed by atoms with Gasteiger partial charge in [0.2, 0.25) is 11.8 Å². The highest BCUT2D eigenvalue weighted by Gasteiger charge is 2.30. The van der Waals surface area contributed by atoms with Gasteiger partial charge in [0.25, 0.3) is 0 Å². The van der Waals surface area contributed by atoms with Gasteiger partial charge in [0.1, 0.15) is 6.04 Å². The van der Waals surface area contributed by atoms with Crippen LogP contribution in [0.15, 0.2) is 48.5 Å². The van der Waals surface area contributed by atoms with Gasteiger partial charge >= 0.3 is 0 Å². The second-order valence-electron chi connectivity index (χ2n) is 8.08. The van der Waals surface area contributed by atoms with Gasteiger partial charge in [-0.3, -0.25) is 9.59 Å². The van der Waals surface area contributed by atoms with E-state index in [1.54, 1.807) is 23.1 Å². The molecular weight excluding hydrogens is 407 g/mol. The number of halogens is 2. The van der Waals surface area contributed by atoms with Crippen molar-refractivity contribution in [1.82, 2.24) is 10.2 Å². The van der Waals surface area contributed by atoms with E-state index in [2.05, 4.69) is 5.32 Å². The SMILES string of the molecule is CC[C@H](C(=O)NC(C)(C)C)N(Cc1ccc(Cl)cc1)C(=O)Cc1ccccc1Cl. The predicted molar refractivity (Wildman–Crippen MR) is 119 cm³/mol. The van der Waals surface area contributed by atoms with Crippen molar-refractivity contribution in [3.63, 3.8) is 0 Å². The molecule has 0 heterocycles. The molecule has 0 bridgehead atoms. The van der Waals surface area contributed by atoms with E-state index in [4.69, 9.17) is 23.2 Å². The van der Waals surface area contributed by atoms with Gasteiger partial charge in [0.05, 0.1) is 6.42 Å². The minimum atomic E-state index is -0.583. The lowest BCUT2D eigenvalue weighted by atomic mass is 10.0. The second-order valence-corrected chi connectivity index (χ2v) is 8.92. The largest absolute Gasteiger partial charge is 0.350 e. The van der Waals surface area contributed by atoms with Gasteiger partial charge in [0.15, 0.2) is 0 Å². The summed E-state index contributed by atoms with van der Waals surface area (Å²) in [6.45, 7) is 7.99. The number of amides is 2. The van der Waals surface area contributed by atoms with Crippen molar-refractivity contribution >= 4 is 35.0 Å². The first-order chi connectivity index (χ1) is 13.6. The molecule has 0 radical (unpaired) electrons. The Bertz CT molecular complexity index is 845. The molecule has 0 saturated heterocycles. The van der Waals surface area contributed by atoms with Crippen molar-refractivity contribution in [3.05, 3.63) is 69.7 Å². The van der Waals surface area contributed by atoms with Crippen molar-refractivity contribution in [2.75, 3.05) is 0 Å². The minimum Gasteiger partial charge on any atom is -0.350 e. The van der Waals surface area contributed by atoms with Crippen LogP contribution in [0.5, 0.6) is 0 Å². The lowest BCUT2D eigenvalue weighted by Gasteiger charge is -2.33. The normalized spacial score (nSPS) is 12.3. The topological polar surface area (TPSA) is 49.4 Å². The maximum atomic E-state index is 13.3. The summed E-state index contributed by atoms with van der Waals surface area (Å²) in [5.74, 6) is -0.314. The highest BCUT2D eigenvalue weighted by molar-refractivity contribution is 6.31. The molecule has 29 heavy (non-hydrogen) atoms. The summed E-state index contributed by atoms with van der Waals surface area (Å²) in [4.78, 5) is 27.8. The molecule has 2 aromatic rings. The standard InChI is InChI=1S/C23H28Cl2N2O2/c1-5-20(22(29)26-23(2,3)4)27(15-16-10-12-18(24)13-11-16)21(28)14-17-8-6-7-9-19(17)25/h6-13,20H,5,14-15H2,1-4H3,(H,26,29)/t20-/m1/s1. The molecule has 2 rings (SSSR count). The molecule has 1 atom stereocenters. The molecule has 156 valence electrons. The molecule has 0 aliphatic carbocycles. The molecule has 0 aliphatic rings. The lowest BCUT2D eigenvalue weighted by molar-refractivity contribution is -0.141. The molecule has 2 amide bonds. The van der Waals surface area contributed by atoms with Crippen LogP contribution >= 0.6 is 23.2 Å². The van der Waals surface area contributed by atoms with E-state index in [1.807, 2.05) is 58.0 Å². The van der Waals surface area contributed by atoms with Crippen LogP contribution in [0.1, 0.15) is 45.2 Å². The van der Waals surface area contributed by atoms with Crippen LogP contribution < -0.4 is 5.32 Å². The smallest absolute Gasteiger partial charge is 0.243 e. The van der Waals surface area contributed by atoms with Crippen molar-refractivity contribution in [1.29, 1.82) is 0 Å². The van der Waals surface area contributed by atoms with Crippen molar-refractivity contribution < 1.29 is 9.59 Å². The van der Waals surface area contributed by atoms with Crippen LogP contribution in [0, 0.1) is 0 Å². The molecular formula is C23H28Cl2N2O2. The van der Waals surface area contributed by atoms with Gasteiger partial charge in [0, 0.05) is 22.1 Å². The maximum absolute atomic E-state index is 13.3. The highest BCUT2D eigenvalue weighted by atomic mass is 35.5. The zero-order valence-electron chi connectivity index (χ0n) is 17.3. The lowest BCUT2D eigenvalue weighted by Crippen LogP contribution is -2.53. The molecule has 6 heteroatoms. The Kier molecular flexibility index (Phi) is 8.12. The fourth-order valence-electron chi connectivity index (χ4n) is 3.07. The maximum Gasteiger partial charge on any atom is 0.243 e. The average molecular weight is 435 g/mol. The predicted octanol–water partition coefficient (Wildman–Crippen LogP) is 5.26. The number of rotatable bonds is 7. The Morgan fingerprint density at radius 1 is 1.03 bits per heavy atom. The van der Waals surface area contributed by atoms with Crippen LogP contribution in [0.3, 0.4) is 0 Å². The quantitative estimate of drug-likeness (QED) is 0.645. The van der Waals surface area contributed by atoms with Crippen molar-refractivity contribution in [2.45, 2.75) is 58.7 Å². The monoisotopic (exact) mass is 434 g/mol. The van der Waals surface area contributed by atoms with Crippen molar-refractivity contribution in [3.8, 4) is 0 Å². The number of benzene rings is 2. The number of carbonyl (C=O) groups is 2. The Morgan fingerprint density at radius 3 is 2.21 bits per heavy atom. The van der Waals surface area contributed by atoms with Crippen molar-refractivity contribution in [2.24, 2.45) is 0 Å². The highest BCUT2D eigenvalue weighted by Crippen LogP contribution is 2.20. The van der Waals surface area contributed by atoms with Gasteiger partial charge in [-0.25, -0.2) is 0 Å². The van der Waals surface area contributed by atoms with E-state index in [-0.39, 0.29) is 23.8 Å². The van der Waals surface area contributed by atoms with Crippen LogP contribution in [-0.4, -0.2) is 28.3 Å². The van der Waals surface area contributed by atoms with Crippen LogP contribution in [0.4, 0.5) is 0 Å². The van der Waals surface area contributed by atoms with Gasteiger partial charge in [-0.15, -0.1) is 0 Å². The third kappa shape index (κ3) is 7.06. The zero-order valence-corrected chi connectivity index (χ0v) is 18.8. The fraction of sp³-hybridized carbons (Fsp3) is 0.391. The van der Waals surface area contributed by atoms with E-state index in [1.165, 1.54) is 0 Å². The summed E-state index contributed by atoms with van der Waals surface area (Å²) in [7, 11) is 0. The second kappa shape index (κ2) is 10.1. The van der Waals surface area contributed by atoms with Gasteiger partial charge in [-0.05, 0) is 56.5 Å². The van der Waals surface area contributed by atoms with Crippen LogP contribution in [0.25, 0.3) is 0 Å². The Morgan fingerprint density at radius 2 is 1.66 bits per heavy atom. The molecule has 2 aromatic carbocycles. The van der Waals surface area contributed by atoms with E-state index in [9.17, 15) is 9.59 Å². The van der Waals surface area contributed by atoms with E-state index < -0.39 is 6.04 Å². The minimum absolute atomic E-state index is 0.132. The fourth-order valence-corrected chi connectivity index (χ4v) is 3.39. The summed E-state index contributed by atoms with van der Waals surface area (Å²) < 4.78 is 0. The van der Waals surface area contributed by atoms with Gasteiger partial charge in [-0.1, -0.05) is 60.5 Å². The van der Waals surface area contributed by atoms with Crippen LogP contribution in [-0.2, 0) is 22.6 Å². The molecule has 0 saturated carbocycles. The van der Waals surface area contributed by atoms with Gasteiger partial charge in [-0.2, -0.15) is 0 Å². The molecule has 0 spiro atoms. The zero-order chi connectivity index (χ0) is 21.6. The number of hydrogen-bond donors (Lipinski definition) is 1. The summed E-state index contributed by atoms with van der Waals surface area (Å²) in [5, 5.41) is 4.16. The molecule has 1 N–H and O–H groups in total. The summed E-state index contributed by atoms with van der Waals surface area (Å²) >= 11 is 12.2. The van der Waals surface area contributed by atoms with E-state index >= 15 is 0 Å². The average Bonchev–Trinajstić information content (AvgIpc) is 2.63. The molecule has 0 fully saturated rings. The molecule has 0 unspecified atom stereocenters. The van der Waals surface area contributed by atoms with Crippen LogP contribution in [0.2, 0.25) is 10.0 Å². The first kappa shape index (κ1) is 23.2. The Hall–Kier alpha value is -2.04. The number of carbonyl (C=O) groups excluding carboxylic acids is 2.